The zero-order valence-corrected chi connectivity index (χ0v) is 10.7. The maximum absolute atomic E-state index is 13.3. The van der Waals surface area contributed by atoms with Gasteiger partial charge in [-0.05, 0) is 24.3 Å². The zero-order chi connectivity index (χ0) is 15.6. The van der Waals surface area contributed by atoms with Gasteiger partial charge in [0.15, 0.2) is 0 Å². The van der Waals surface area contributed by atoms with Gasteiger partial charge in [0.1, 0.15) is 5.82 Å². The van der Waals surface area contributed by atoms with Crippen LogP contribution in [-0.4, -0.2) is 4.98 Å². The molecule has 1 atom stereocenters. The first-order valence-corrected chi connectivity index (χ1v) is 5.86. The molecule has 0 amide bonds. The number of halogens is 4. The second kappa shape index (κ2) is 5.66. The number of hydrogen-bond donors (Lipinski definition) is 3. The Labute approximate surface area is 117 Å². The number of nitrogen functional groups attached to an aromatic ring is 1. The summed E-state index contributed by atoms with van der Waals surface area (Å²) in [4.78, 5) is 3.68. The van der Waals surface area contributed by atoms with E-state index in [9.17, 15) is 17.6 Å². The smallest absolute Gasteiger partial charge is 0.398 e. The number of anilines is 1. The number of nitrogens with zero attached hydrogens (tertiary/aromatic N) is 1. The standard InChI is InChI=1S/C13H12F4N4/c14-7-1-2-11(18)8(5-7)12(21-19)9-6-20-4-3-10(9)13(15,16)17/h1-6,12,21H,18-19H2. The molecule has 0 spiro atoms. The molecule has 1 aromatic heterocycles. The van der Waals surface area contributed by atoms with Crippen LogP contribution in [0.15, 0.2) is 36.7 Å². The first kappa shape index (κ1) is 15.2. The maximum atomic E-state index is 13.3. The number of nitrogens with one attached hydrogen (secondary N) is 1. The fourth-order valence-electron chi connectivity index (χ4n) is 2.04. The van der Waals surface area contributed by atoms with Crippen LogP contribution in [0.5, 0.6) is 0 Å². The lowest BCUT2D eigenvalue weighted by Gasteiger charge is -2.22. The van der Waals surface area contributed by atoms with Gasteiger partial charge in [0.2, 0.25) is 0 Å². The lowest BCUT2D eigenvalue weighted by Crippen LogP contribution is -2.31. The van der Waals surface area contributed by atoms with E-state index in [0.717, 1.165) is 30.6 Å². The topological polar surface area (TPSA) is 77.0 Å². The van der Waals surface area contributed by atoms with Gasteiger partial charge in [0.25, 0.3) is 0 Å². The summed E-state index contributed by atoms with van der Waals surface area (Å²) in [5.41, 5.74) is 7.01. The molecule has 112 valence electrons. The lowest BCUT2D eigenvalue weighted by atomic mass is 9.95. The molecule has 1 heterocycles. The van der Waals surface area contributed by atoms with Gasteiger partial charge in [-0.2, -0.15) is 13.2 Å². The van der Waals surface area contributed by atoms with Crippen LogP contribution in [0, 0.1) is 5.82 Å². The van der Waals surface area contributed by atoms with E-state index >= 15 is 0 Å². The van der Waals surface area contributed by atoms with Crippen molar-refractivity contribution in [2.75, 3.05) is 5.73 Å². The number of benzene rings is 1. The van der Waals surface area contributed by atoms with Gasteiger partial charge >= 0.3 is 6.18 Å². The molecule has 0 saturated carbocycles. The fraction of sp³-hybridized carbons (Fsp3) is 0.154. The molecule has 0 bridgehead atoms. The van der Waals surface area contributed by atoms with Crippen molar-refractivity contribution in [3.05, 3.63) is 59.2 Å². The van der Waals surface area contributed by atoms with Crippen molar-refractivity contribution in [3.63, 3.8) is 0 Å². The van der Waals surface area contributed by atoms with Gasteiger partial charge in [0.05, 0.1) is 11.6 Å². The second-order valence-corrected chi connectivity index (χ2v) is 4.33. The number of alkyl halides is 3. The van der Waals surface area contributed by atoms with Crippen molar-refractivity contribution in [1.29, 1.82) is 0 Å². The monoisotopic (exact) mass is 300 g/mol. The van der Waals surface area contributed by atoms with Crippen LogP contribution >= 0.6 is 0 Å². The number of nitrogens with two attached hydrogens (primary N) is 2. The number of hydrogen-bond acceptors (Lipinski definition) is 4. The molecule has 2 rings (SSSR count). The van der Waals surface area contributed by atoms with Gasteiger partial charge < -0.3 is 5.73 Å². The third kappa shape index (κ3) is 3.11. The Hall–Kier alpha value is -2.19. The quantitative estimate of drug-likeness (QED) is 0.352. The molecular formula is C13H12F4N4. The molecule has 0 aliphatic rings. The summed E-state index contributed by atoms with van der Waals surface area (Å²) in [6.07, 6.45) is -2.54. The lowest BCUT2D eigenvalue weighted by molar-refractivity contribution is -0.138. The summed E-state index contributed by atoms with van der Waals surface area (Å²) in [6, 6.07) is 3.10. The summed E-state index contributed by atoms with van der Waals surface area (Å²) >= 11 is 0. The average Bonchev–Trinajstić information content (AvgIpc) is 2.43. The Morgan fingerprint density at radius 2 is 1.86 bits per heavy atom. The molecule has 4 nitrogen and oxygen atoms in total. The largest absolute Gasteiger partial charge is 0.416 e. The molecular weight excluding hydrogens is 288 g/mol. The Morgan fingerprint density at radius 3 is 2.48 bits per heavy atom. The Balaban J connectivity index is 2.60. The highest BCUT2D eigenvalue weighted by Crippen LogP contribution is 2.37. The minimum atomic E-state index is -4.59. The normalized spacial score (nSPS) is 13.2. The van der Waals surface area contributed by atoms with E-state index in [1.54, 1.807) is 0 Å². The fourth-order valence-corrected chi connectivity index (χ4v) is 2.04. The van der Waals surface area contributed by atoms with Crippen molar-refractivity contribution >= 4 is 5.69 Å². The summed E-state index contributed by atoms with van der Waals surface area (Å²) in [5, 5.41) is 0. The molecule has 0 aliphatic heterocycles. The first-order valence-electron chi connectivity index (χ1n) is 5.86. The zero-order valence-electron chi connectivity index (χ0n) is 10.7. The molecule has 1 unspecified atom stereocenters. The summed E-state index contributed by atoms with van der Waals surface area (Å²) in [6.45, 7) is 0. The number of hydrazine groups is 1. The van der Waals surface area contributed by atoms with E-state index in [-0.39, 0.29) is 16.8 Å². The van der Waals surface area contributed by atoms with Crippen molar-refractivity contribution < 1.29 is 17.6 Å². The predicted molar refractivity (Wildman–Crippen MR) is 69.2 cm³/mol. The van der Waals surface area contributed by atoms with E-state index in [1.807, 2.05) is 0 Å². The Morgan fingerprint density at radius 1 is 1.14 bits per heavy atom. The van der Waals surface area contributed by atoms with Crippen LogP contribution in [0.2, 0.25) is 0 Å². The highest BCUT2D eigenvalue weighted by Gasteiger charge is 2.35. The number of pyridine rings is 1. The van der Waals surface area contributed by atoms with Gasteiger partial charge in [-0.15, -0.1) is 0 Å². The van der Waals surface area contributed by atoms with Gasteiger partial charge in [-0.1, -0.05) is 0 Å². The second-order valence-electron chi connectivity index (χ2n) is 4.33. The van der Waals surface area contributed by atoms with Crippen molar-refractivity contribution in [2.24, 2.45) is 5.84 Å². The van der Waals surface area contributed by atoms with Crippen LogP contribution in [0.4, 0.5) is 23.2 Å². The number of aromatic nitrogens is 1. The minimum absolute atomic E-state index is 0.107. The highest BCUT2D eigenvalue weighted by atomic mass is 19.4. The molecule has 0 fully saturated rings. The van der Waals surface area contributed by atoms with Crippen molar-refractivity contribution in [2.45, 2.75) is 12.2 Å². The van der Waals surface area contributed by atoms with E-state index in [2.05, 4.69) is 10.4 Å². The first-order chi connectivity index (χ1) is 9.84. The molecule has 0 saturated heterocycles. The van der Waals surface area contributed by atoms with E-state index in [4.69, 9.17) is 11.6 Å². The molecule has 21 heavy (non-hydrogen) atoms. The number of rotatable bonds is 3. The third-order valence-electron chi connectivity index (χ3n) is 2.99. The molecule has 0 aliphatic carbocycles. The van der Waals surface area contributed by atoms with Gasteiger partial charge in [-0.25, -0.2) is 9.82 Å². The summed E-state index contributed by atoms with van der Waals surface area (Å²) < 4.78 is 52.4. The molecule has 0 radical (unpaired) electrons. The van der Waals surface area contributed by atoms with Crippen LogP contribution in [0.3, 0.4) is 0 Å². The van der Waals surface area contributed by atoms with Crippen LogP contribution in [0.1, 0.15) is 22.7 Å². The van der Waals surface area contributed by atoms with Gasteiger partial charge in [0, 0.05) is 29.2 Å². The Kier molecular flexibility index (Phi) is 4.10. The van der Waals surface area contributed by atoms with Crippen LogP contribution < -0.4 is 17.0 Å². The van der Waals surface area contributed by atoms with Gasteiger partial charge in [-0.3, -0.25) is 10.8 Å². The van der Waals surface area contributed by atoms with E-state index in [0.29, 0.717) is 0 Å². The highest BCUT2D eigenvalue weighted by molar-refractivity contribution is 5.52. The minimum Gasteiger partial charge on any atom is -0.398 e. The third-order valence-corrected chi connectivity index (χ3v) is 2.99. The Bertz CT molecular complexity index is 642. The molecule has 2 aromatic rings. The average molecular weight is 300 g/mol. The molecule has 5 N–H and O–H groups in total. The molecule has 8 heteroatoms. The van der Waals surface area contributed by atoms with Crippen LogP contribution in [-0.2, 0) is 6.18 Å². The SMILES string of the molecule is NNC(c1cc(F)ccc1N)c1cnccc1C(F)(F)F. The van der Waals surface area contributed by atoms with Crippen molar-refractivity contribution in [3.8, 4) is 0 Å². The van der Waals surface area contributed by atoms with E-state index in [1.165, 1.54) is 6.07 Å². The predicted octanol–water partition coefficient (Wildman–Crippen LogP) is 2.37. The summed E-state index contributed by atoms with van der Waals surface area (Å²) in [5.74, 6) is 4.72. The maximum Gasteiger partial charge on any atom is 0.416 e. The van der Waals surface area contributed by atoms with E-state index < -0.39 is 23.6 Å². The van der Waals surface area contributed by atoms with Crippen molar-refractivity contribution in [1.82, 2.24) is 10.4 Å². The van der Waals surface area contributed by atoms with Crippen LogP contribution in [0.25, 0.3) is 0 Å². The summed E-state index contributed by atoms with van der Waals surface area (Å²) in [7, 11) is 0. The molecule has 1 aromatic carbocycles.